The Morgan fingerprint density at radius 2 is 2.05 bits per heavy atom. The Morgan fingerprint density at radius 3 is 2.60 bits per heavy atom. The van der Waals surface area contributed by atoms with Crippen LogP contribution < -0.4 is 10.5 Å². The van der Waals surface area contributed by atoms with Gasteiger partial charge in [-0.3, -0.25) is 0 Å². The van der Waals surface area contributed by atoms with Crippen LogP contribution in [-0.4, -0.2) is 28.0 Å². The molecule has 0 unspecified atom stereocenters. The Balaban J connectivity index is 3.08. The number of nitrogens with two attached hydrogens (primary N) is 1. The molecular weight excluding hydrogens is 280 g/mol. The van der Waals surface area contributed by atoms with Crippen molar-refractivity contribution >= 4 is 21.7 Å². The highest BCUT2D eigenvalue weighted by molar-refractivity contribution is 7.89. The number of carbonyl (C=O) groups excluding carboxylic acids is 1. The fraction of sp³-hybridized carbons (Fsp3) is 0.462. The van der Waals surface area contributed by atoms with Gasteiger partial charge in [-0.1, -0.05) is 13.8 Å². The molecule has 0 heterocycles. The monoisotopic (exact) mass is 300 g/mol. The van der Waals surface area contributed by atoms with Crippen molar-refractivity contribution in [3.05, 3.63) is 23.8 Å². The van der Waals surface area contributed by atoms with E-state index in [2.05, 4.69) is 9.46 Å². The summed E-state index contributed by atoms with van der Waals surface area (Å²) in [5, 5.41) is 0. The number of nitrogens with one attached hydrogen (secondary N) is 1. The van der Waals surface area contributed by atoms with E-state index in [1.54, 1.807) is 0 Å². The van der Waals surface area contributed by atoms with Gasteiger partial charge in [0.2, 0.25) is 10.0 Å². The molecule has 20 heavy (non-hydrogen) atoms. The lowest BCUT2D eigenvalue weighted by molar-refractivity contribution is 0.0596. The zero-order valence-corrected chi connectivity index (χ0v) is 12.7. The molecule has 0 fully saturated rings. The van der Waals surface area contributed by atoms with Gasteiger partial charge in [0.1, 0.15) is 0 Å². The average Bonchev–Trinajstić information content (AvgIpc) is 2.36. The SMILES string of the molecule is COC(=O)c1cc(N)ccc1S(=O)(=O)NCCC(C)C. The third kappa shape index (κ3) is 4.21. The molecule has 6 nitrogen and oxygen atoms in total. The molecule has 0 saturated heterocycles. The van der Waals surface area contributed by atoms with Crippen LogP contribution in [0.15, 0.2) is 23.1 Å². The number of hydrogen-bond acceptors (Lipinski definition) is 5. The maximum absolute atomic E-state index is 12.2. The van der Waals surface area contributed by atoms with Gasteiger partial charge in [-0.05, 0) is 30.5 Å². The van der Waals surface area contributed by atoms with Gasteiger partial charge in [0.25, 0.3) is 0 Å². The highest BCUT2D eigenvalue weighted by atomic mass is 32.2. The number of rotatable bonds is 6. The standard InChI is InChI=1S/C13H20N2O4S/c1-9(2)6-7-15-20(17,18)12-5-4-10(14)8-11(12)13(16)19-3/h4-5,8-9,15H,6-7,14H2,1-3H3. The van der Waals surface area contributed by atoms with E-state index in [4.69, 9.17) is 5.73 Å². The lowest BCUT2D eigenvalue weighted by Gasteiger charge is -2.11. The van der Waals surface area contributed by atoms with Crippen molar-refractivity contribution in [2.24, 2.45) is 5.92 Å². The number of benzene rings is 1. The van der Waals surface area contributed by atoms with E-state index in [-0.39, 0.29) is 10.5 Å². The summed E-state index contributed by atoms with van der Waals surface area (Å²) in [6, 6.07) is 4.03. The minimum atomic E-state index is -3.76. The summed E-state index contributed by atoms with van der Waals surface area (Å²) in [7, 11) is -2.58. The van der Waals surface area contributed by atoms with Crippen molar-refractivity contribution in [2.45, 2.75) is 25.2 Å². The van der Waals surface area contributed by atoms with E-state index in [1.807, 2.05) is 13.8 Å². The Labute approximate surface area is 119 Å². The topological polar surface area (TPSA) is 98.5 Å². The first-order chi connectivity index (χ1) is 9.27. The summed E-state index contributed by atoms with van der Waals surface area (Å²) in [6.45, 7) is 4.31. The smallest absolute Gasteiger partial charge is 0.339 e. The van der Waals surface area contributed by atoms with E-state index in [1.165, 1.54) is 25.3 Å². The Kier molecular flexibility index (Phi) is 5.52. The van der Waals surface area contributed by atoms with Gasteiger partial charge < -0.3 is 10.5 Å². The normalized spacial score (nSPS) is 11.6. The van der Waals surface area contributed by atoms with E-state index >= 15 is 0 Å². The lowest BCUT2D eigenvalue weighted by Crippen LogP contribution is -2.27. The molecule has 0 aliphatic heterocycles. The molecule has 1 aromatic rings. The Morgan fingerprint density at radius 1 is 1.40 bits per heavy atom. The second kappa shape index (κ2) is 6.71. The first-order valence-corrected chi connectivity index (χ1v) is 7.73. The molecule has 0 aliphatic rings. The third-order valence-corrected chi connectivity index (χ3v) is 4.23. The predicted octanol–water partition coefficient (Wildman–Crippen LogP) is 1.38. The molecule has 0 aliphatic carbocycles. The first-order valence-electron chi connectivity index (χ1n) is 6.25. The highest BCUT2D eigenvalue weighted by Crippen LogP contribution is 2.19. The largest absolute Gasteiger partial charge is 0.465 e. The van der Waals surface area contributed by atoms with Crippen molar-refractivity contribution in [2.75, 3.05) is 19.4 Å². The number of carbonyl (C=O) groups is 1. The van der Waals surface area contributed by atoms with Gasteiger partial charge in [-0.25, -0.2) is 17.9 Å². The van der Waals surface area contributed by atoms with Gasteiger partial charge in [0, 0.05) is 12.2 Å². The molecule has 1 rings (SSSR count). The number of ether oxygens (including phenoxy) is 1. The Hall–Kier alpha value is -1.60. The van der Waals surface area contributed by atoms with E-state index in [0.717, 1.165) is 0 Å². The van der Waals surface area contributed by atoms with Crippen molar-refractivity contribution in [3.8, 4) is 0 Å². The van der Waals surface area contributed by atoms with Gasteiger partial charge in [0.15, 0.2) is 0 Å². The van der Waals surface area contributed by atoms with Crippen LogP contribution in [0.1, 0.15) is 30.6 Å². The summed E-state index contributed by atoms with van der Waals surface area (Å²) >= 11 is 0. The van der Waals surface area contributed by atoms with Crippen LogP contribution >= 0.6 is 0 Å². The van der Waals surface area contributed by atoms with Crippen molar-refractivity contribution in [3.63, 3.8) is 0 Å². The fourth-order valence-corrected chi connectivity index (χ4v) is 2.83. The zero-order chi connectivity index (χ0) is 15.3. The molecule has 0 aromatic heterocycles. The van der Waals surface area contributed by atoms with Gasteiger partial charge in [-0.15, -0.1) is 0 Å². The summed E-state index contributed by atoms with van der Waals surface area (Å²) in [6.07, 6.45) is 0.710. The first kappa shape index (κ1) is 16.5. The highest BCUT2D eigenvalue weighted by Gasteiger charge is 2.23. The number of sulfonamides is 1. The Bertz CT molecular complexity index is 582. The molecule has 1 aromatic carbocycles. The molecular formula is C13H20N2O4S. The molecule has 3 N–H and O–H groups in total. The average molecular weight is 300 g/mol. The zero-order valence-electron chi connectivity index (χ0n) is 11.8. The quantitative estimate of drug-likeness (QED) is 0.611. The maximum Gasteiger partial charge on any atom is 0.339 e. The van der Waals surface area contributed by atoms with E-state index in [9.17, 15) is 13.2 Å². The van der Waals surface area contributed by atoms with Crippen LogP contribution in [0.3, 0.4) is 0 Å². The fourth-order valence-electron chi connectivity index (χ4n) is 1.61. The van der Waals surface area contributed by atoms with Crippen LogP contribution in [0.4, 0.5) is 5.69 Å². The molecule has 0 bridgehead atoms. The van der Waals surface area contributed by atoms with Crippen molar-refractivity contribution in [1.82, 2.24) is 4.72 Å². The summed E-state index contributed by atoms with van der Waals surface area (Å²) < 4.78 is 31.5. The molecule has 0 radical (unpaired) electrons. The lowest BCUT2D eigenvalue weighted by atomic mass is 10.1. The summed E-state index contributed by atoms with van der Waals surface area (Å²) in [5.41, 5.74) is 5.81. The molecule has 112 valence electrons. The summed E-state index contributed by atoms with van der Waals surface area (Å²) in [4.78, 5) is 11.5. The number of nitrogen functional groups attached to an aromatic ring is 1. The van der Waals surface area contributed by atoms with Crippen LogP contribution in [0.5, 0.6) is 0 Å². The molecule has 0 spiro atoms. The second-order valence-electron chi connectivity index (χ2n) is 4.83. The number of hydrogen-bond donors (Lipinski definition) is 2. The molecule has 7 heteroatoms. The van der Waals surface area contributed by atoms with Gasteiger partial charge in [0.05, 0.1) is 17.6 Å². The predicted molar refractivity (Wildman–Crippen MR) is 76.8 cm³/mol. The van der Waals surface area contributed by atoms with Crippen molar-refractivity contribution in [1.29, 1.82) is 0 Å². The molecule has 0 atom stereocenters. The number of methoxy groups -OCH3 is 1. The number of anilines is 1. The van der Waals surface area contributed by atoms with E-state index < -0.39 is 16.0 Å². The molecule has 0 amide bonds. The summed E-state index contributed by atoms with van der Waals surface area (Å²) in [5.74, 6) is -0.356. The van der Waals surface area contributed by atoms with Crippen LogP contribution in [0.2, 0.25) is 0 Å². The minimum absolute atomic E-state index is 0.0652. The van der Waals surface area contributed by atoms with Crippen LogP contribution in [0.25, 0.3) is 0 Å². The third-order valence-electron chi connectivity index (χ3n) is 2.71. The van der Waals surface area contributed by atoms with Crippen LogP contribution in [0, 0.1) is 5.92 Å². The molecule has 0 saturated carbocycles. The van der Waals surface area contributed by atoms with Crippen molar-refractivity contribution < 1.29 is 17.9 Å². The number of esters is 1. The van der Waals surface area contributed by atoms with E-state index in [0.29, 0.717) is 24.6 Å². The second-order valence-corrected chi connectivity index (χ2v) is 6.56. The van der Waals surface area contributed by atoms with Gasteiger partial charge >= 0.3 is 5.97 Å². The maximum atomic E-state index is 12.2. The van der Waals surface area contributed by atoms with Gasteiger partial charge in [-0.2, -0.15) is 0 Å². The van der Waals surface area contributed by atoms with Crippen LogP contribution in [-0.2, 0) is 14.8 Å². The minimum Gasteiger partial charge on any atom is -0.465 e.